The molecule has 0 bridgehead atoms. The van der Waals surface area contributed by atoms with E-state index in [9.17, 15) is 13.2 Å². The van der Waals surface area contributed by atoms with Crippen LogP contribution >= 0.6 is 27.3 Å². The van der Waals surface area contributed by atoms with Crippen LogP contribution < -0.4 is 9.62 Å². The van der Waals surface area contributed by atoms with Gasteiger partial charge in [-0.1, -0.05) is 45.5 Å². The number of rotatable bonds is 5. The number of sulfonamides is 1. The van der Waals surface area contributed by atoms with E-state index in [1.807, 2.05) is 12.1 Å². The molecule has 4 aromatic rings. The summed E-state index contributed by atoms with van der Waals surface area (Å²) in [6.45, 7) is 2.32. The molecule has 0 atom stereocenters. The van der Waals surface area contributed by atoms with Crippen LogP contribution in [0.1, 0.15) is 10.4 Å². The molecule has 3 heterocycles. The standard InChI is InChI=1S/C23H20BrN5O3S2.Na/c24-16-8-9-19-20(15-16)33-23(26-19)29-13-11-28(12-14-29)22(30)17-5-1-2-6-18(17)27-34(31,32)21-7-3-4-10-25-21;/h1-10,15,27H,11-14H2;. The Morgan fingerprint density at radius 2 is 1.74 bits per heavy atom. The van der Waals surface area contributed by atoms with Gasteiger partial charge in [0.1, 0.15) is 0 Å². The Morgan fingerprint density at radius 3 is 2.49 bits per heavy atom. The van der Waals surface area contributed by atoms with Crippen LogP contribution in [0, 0.1) is 0 Å². The summed E-state index contributed by atoms with van der Waals surface area (Å²) in [5.41, 5.74) is 1.49. The Hall–Kier alpha value is -2.02. The fraction of sp³-hybridized carbons (Fsp3) is 0.174. The van der Waals surface area contributed by atoms with Crippen molar-refractivity contribution in [2.45, 2.75) is 5.03 Å². The second-order valence-electron chi connectivity index (χ2n) is 7.71. The van der Waals surface area contributed by atoms with Crippen LogP contribution in [-0.2, 0) is 10.0 Å². The smallest absolute Gasteiger partial charge is 0.279 e. The predicted octanol–water partition coefficient (Wildman–Crippen LogP) is 3.84. The number of hydrogen-bond donors (Lipinski definition) is 1. The number of fused-ring (bicyclic) bond motifs is 1. The molecular formula is C23H20BrN5NaO3S2. The number of halogens is 1. The van der Waals surface area contributed by atoms with Crippen molar-refractivity contribution in [3.8, 4) is 0 Å². The third-order valence-electron chi connectivity index (χ3n) is 5.49. The minimum Gasteiger partial charge on any atom is -0.345 e. The first-order valence-corrected chi connectivity index (χ1v) is 13.6. The number of nitrogens with zero attached hydrogens (tertiary/aromatic N) is 4. The molecule has 1 N–H and O–H groups in total. The van der Waals surface area contributed by atoms with Crippen molar-refractivity contribution < 1.29 is 13.2 Å². The van der Waals surface area contributed by atoms with Gasteiger partial charge in [-0.3, -0.25) is 9.52 Å². The first kappa shape index (κ1) is 26.1. The van der Waals surface area contributed by atoms with E-state index in [0.29, 0.717) is 31.7 Å². The molecule has 35 heavy (non-hydrogen) atoms. The molecule has 0 saturated carbocycles. The first-order chi connectivity index (χ1) is 16.4. The van der Waals surface area contributed by atoms with Crippen molar-refractivity contribution >= 4 is 93.8 Å². The van der Waals surface area contributed by atoms with Gasteiger partial charge in [0, 0.05) is 66.4 Å². The average Bonchev–Trinajstić information content (AvgIpc) is 3.28. The molecule has 2 aromatic carbocycles. The number of pyridine rings is 1. The quantitative estimate of drug-likeness (QED) is 0.360. The fourth-order valence-electron chi connectivity index (χ4n) is 3.75. The zero-order chi connectivity index (χ0) is 23.7. The molecule has 175 valence electrons. The third-order valence-corrected chi connectivity index (χ3v) is 8.34. The van der Waals surface area contributed by atoms with Crippen molar-refractivity contribution in [2.24, 2.45) is 0 Å². The van der Waals surface area contributed by atoms with Crippen LogP contribution in [0.4, 0.5) is 10.8 Å². The van der Waals surface area contributed by atoms with E-state index in [1.54, 1.807) is 52.6 Å². The minimum atomic E-state index is -3.91. The number of aromatic nitrogens is 2. The fourth-order valence-corrected chi connectivity index (χ4v) is 6.35. The number of anilines is 2. The molecule has 0 unspecified atom stereocenters. The van der Waals surface area contributed by atoms with Crippen LogP contribution in [0.2, 0.25) is 0 Å². The van der Waals surface area contributed by atoms with Gasteiger partial charge in [-0.2, -0.15) is 8.42 Å². The van der Waals surface area contributed by atoms with Crippen LogP contribution in [0.25, 0.3) is 10.2 Å². The van der Waals surface area contributed by atoms with Crippen molar-refractivity contribution in [3.05, 3.63) is 76.9 Å². The molecule has 1 saturated heterocycles. The number of amides is 1. The summed E-state index contributed by atoms with van der Waals surface area (Å²) in [5, 5.41) is 0.831. The molecule has 0 aliphatic carbocycles. The Bertz CT molecular complexity index is 1460. The molecule has 8 nitrogen and oxygen atoms in total. The van der Waals surface area contributed by atoms with E-state index in [1.165, 1.54) is 12.3 Å². The monoisotopic (exact) mass is 580 g/mol. The molecule has 1 aliphatic rings. The maximum atomic E-state index is 13.3. The van der Waals surface area contributed by atoms with Gasteiger partial charge in [-0.25, -0.2) is 9.97 Å². The Kier molecular flexibility index (Phi) is 8.14. The zero-order valence-corrected chi connectivity index (χ0v) is 24.1. The number of carbonyl (C=O) groups excluding carboxylic acids is 1. The van der Waals surface area contributed by atoms with E-state index in [2.05, 4.69) is 36.6 Å². The summed E-state index contributed by atoms with van der Waals surface area (Å²) >= 11 is 5.13. The van der Waals surface area contributed by atoms with Gasteiger partial charge in [0.15, 0.2) is 10.2 Å². The van der Waals surface area contributed by atoms with Gasteiger partial charge in [-0.05, 0) is 42.5 Å². The van der Waals surface area contributed by atoms with Crippen molar-refractivity contribution in [3.63, 3.8) is 0 Å². The Labute approximate surface area is 237 Å². The number of piperazine rings is 1. The van der Waals surface area contributed by atoms with Crippen LogP contribution in [0.3, 0.4) is 0 Å². The maximum absolute atomic E-state index is 13.3. The third kappa shape index (κ3) is 5.71. The summed E-state index contributed by atoms with van der Waals surface area (Å²) in [4.78, 5) is 25.9. The molecule has 1 fully saturated rings. The Morgan fingerprint density at radius 1 is 1.00 bits per heavy atom. The van der Waals surface area contributed by atoms with E-state index in [-0.39, 0.29) is 46.2 Å². The second kappa shape index (κ2) is 10.9. The topological polar surface area (TPSA) is 95.5 Å². The van der Waals surface area contributed by atoms with Gasteiger partial charge in [-0.15, -0.1) is 0 Å². The van der Waals surface area contributed by atoms with Gasteiger partial charge in [0.05, 0.1) is 21.5 Å². The van der Waals surface area contributed by atoms with E-state index >= 15 is 0 Å². The summed E-state index contributed by atoms with van der Waals surface area (Å²) in [7, 11) is -3.91. The normalized spacial score (nSPS) is 14.0. The molecule has 1 amide bonds. The van der Waals surface area contributed by atoms with Crippen molar-refractivity contribution in [2.75, 3.05) is 35.8 Å². The number of hydrogen-bond acceptors (Lipinski definition) is 7. The van der Waals surface area contributed by atoms with E-state index in [4.69, 9.17) is 4.98 Å². The molecule has 1 radical (unpaired) electrons. The summed E-state index contributed by atoms with van der Waals surface area (Å²) in [6.07, 6.45) is 1.41. The first-order valence-electron chi connectivity index (χ1n) is 10.5. The number of nitrogens with one attached hydrogen (secondary N) is 1. The zero-order valence-electron chi connectivity index (χ0n) is 18.9. The second-order valence-corrected chi connectivity index (χ2v) is 11.3. The number of benzene rings is 2. The van der Waals surface area contributed by atoms with E-state index < -0.39 is 10.0 Å². The largest absolute Gasteiger partial charge is 0.345 e. The van der Waals surface area contributed by atoms with Gasteiger partial charge in [0.2, 0.25) is 0 Å². The van der Waals surface area contributed by atoms with Gasteiger partial charge >= 0.3 is 0 Å². The summed E-state index contributed by atoms with van der Waals surface area (Å²) in [6, 6.07) is 17.3. The molecular weight excluding hydrogens is 561 g/mol. The van der Waals surface area contributed by atoms with Crippen LogP contribution in [-0.4, -0.2) is 84.9 Å². The number of thiazole rings is 1. The molecule has 2 aromatic heterocycles. The summed E-state index contributed by atoms with van der Waals surface area (Å²) < 4.78 is 30.1. The predicted molar refractivity (Wildman–Crippen MR) is 143 cm³/mol. The molecule has 0 spiro atoms. The maximum Gasteiger partial charge on any atom is 0.279 e. The van der Waals surface area contributed by atoms with Crippen molar-refractivity contribution in [1.82, 2.24) is 14.9 Å². The van der Waals surface area contributed by atoms with Gasteiger partial charge in [0.25, 0.3) is 15.9 Å². The minimum absolute atomic E-state index is 0. The van der Waals surface area contributed by atoms with Crippen LogP contribution in [0.5, 0.6) is 0 Å². The number of carbonyl (C=O) groups is 1. The number of para-hydroxylation sites is 1. The molecule has 12 heteroatoms. The SMILES string of the molecule is O=C(c1ccccc1NS(=O)(=O)c1ccccn1)N1CCN(c2nc3ccc(Br)cc3s2)CC1.[Na]. The van der Waals surface area contributed by atoms with Gasteiger partial charge < -0.3 is 9.80 Å². The summed E-state index contributed by atoms with van der Waals surface area (Å²) in [5.74, 6) is -0.216. The van der Waals surface area contributed by atoms with Crippen LogP contribution in [0.15, 0.2) is 76.4 Å². The Balaban J connectivity index is 0.00000289. The van der Waals surface area contributed by atoms with E-state index in [0.717, 1.165) is 19.8 Å². The average molecular weight is 581 g/mol. The molecule has 1 aliphatic heterocycles. The van der Waals surface area contributed by atoms with Crippen molar-refractivity contribution in [1.29, 1.82) is 0 Å². The molecule has 5 rings (SSSR count).